The molecule has 1 aliphatic rings. The van der Waals surface area contributed by atoms with Crippen molar-refractivity contribution in [2.45, 2.75) is 37.0 Å². The molecule has 0 saturated heterocycles. The Bertz CT molecular complexity index is 1620. The number of benzene rings is 5. The van der Waals surface area contributed by atoms with Gasteiger partial charge in [-0.3, -0.25) is 0 Å². The molecule has 3 nitrogen and oxygen atoms in total. The number of aryl methyl sites for hydroxylation is 1. The van der Waals surface area contributed by atoms with Gasteiger partial charge in [-0.25, -0.2) is 0 Å². The minimum atomic E-state index is -0.472. The zero-order valence-corrected chi connectivity index (χ0v) is 23.2. The van der Waals surface area contributed by atoms with E-state index in [-0.39, 0.29) is 22.7 Å². The summed E-state index contributed by atoms with van der Waals surface area (Å²) in [5.74, 6) is 0.752. The molecule has 0 aliphatic heterocycles. The summed E-state index contributed by atoms with van der Waals surface area (Å²) >= 11 is 0. The molecule has 41 heavy (non-hydrogen) atoms. The van der Waals surface area contributed by atoms with Crippen LogP contribution in [0.5, 0.6) is 17.2 Å². The summed E-state index contributed by atoms with van der Waals surface area (Å²) in [6.07, 6.45) is 7.24. The Labute approximate surface area is 241 Å². The van der Waals surface area contributed by atoms with Crippen molar-refractivity contribution >= 4 is 6.08 Å². The van der Waals surface area contributed by atoms with E-state index in [1.54, 1.807) is 36.4 Å². The Kier molecular flexibility index (Phi) is 6.88. The molecule has 0 radical (unpaired) electrons. The summed E-state index contributed by atoms with van der Waals surface area (Å²) in [6, 6.07) is 40.0. The van der Waals surface area contributed by atoms with Crippen molar-refractivity contribution in [2.24, 2.45) is 0 Å². The first-order valence-corrected chi connectivity index (χ1v) is 14.1. The molecule has 5 aromatic carbocycles. The molecule has 5 aromatic rings. The van der Waals surface area contributed by atoms with Gasteiger partial charge in [-0.05, 0) is 102 Å². The van der Waals surface area contributed by atoms with E-state index in [1.165, 1.54) is 22.3 Å². The predicted molar refractivity (Wildman–Crippen MR) is 166 cm³/mol. The summed E-state index contributed by atoms with van der Waals surface area (Å²) < 4.78 is 0. The average Bonchev–Trinajstić information content (AvgIpc) is 3.01. The van der Waals surface area contributed by atoms with E-state index in [0.29, 0.717) is 0 Å². The number of hydrogen-bond acceptors (Lipinski definition) is 3. The lowest BCUT2D eigenvalue weighted by molar-refractivity contribution is 0.463. The molecule has 0 fully saturated rings. The average molecular weight is 539 g/mol. The van der Waals surface area contributed by atoms with Crippen LogP contribution in [0.15, 0.2) is 127 Å². The molecule has 3 heteroatoms. The summed E-state index contributed by atoms with van der Waals surface area (Å²) in [7, 11) is 0. The zero-order chi connectivity index (χ0) is 28.5. The van der Waals surface area contributed by atoms with Gasteiger partial charge < -0.3 is 15.3 Å². The third kappa shape index (κ3) is 4.89. The molecule has 0 aromatic heterocycles. The summed E-state index contributed by atoms with van der Waals surface area (Å²) in [5, 5.41) is 29.8. The third-order valence-electron chi connectivity index (χ3n) is 8.92. The van der Waals surface area contributed by atoms with E-state index in [2.05, 4.69) is 79.7 Å². The van der Waals surface area contributed by atoms with Gasteiger partial charge in [0.2, 0.25) is 0 Å². The van der Waals surface area contributed by atoms with Crippen molar-refractivity contribution in [2.75, 3.05) is 0 Å². The van der Waals surface area contributed by atoms with Crippen LogP contribution in [-0.4, -0.2) is 15.3 Å². The normalized spacial score (nSPS) is 16.3. The quantitative estimate of drug-likeness (QED) is 0.182. The van der Waals surface area contributed by atoms with Crippen LogP contribution in [0.2, 0.25) is 0 Å². The van der Waals surface area contributed by atoms with Crippen molar-refractivity contribution in [1.29, 1.82) is 0 Å². The lowest BCUT2D eigenvalue weighted by Crippen LogP contribution is -2.30. The highest BCUT2D eigenvalue weighted by molar-refractivity contribution is 5.62. The topological polar surface area (TPSA) is 60.7 Å². The van der Waals surface area contributed by atoms with Gasteiger partial charge in [0.25, 0.3) is 0 Å². The van der Waals surface area contributed by atoms with Gasteiger partial charge in [-0.1, -0.05) is 97.1 Å². The van der Waals surface area contributed by atoms with Crippen molar-refractivity contribution in [3.63, 3.8) is 0 Å². The number of phenols is 3. The van der Waals surface area contributed by atoms with Crippen LogP contribution in [0.4, 0.5) is 0 Å². The number of allylic oxidation sites excluding steroid dienone is 1. The van der Waals surface area contributed by atoms with Crippen LogP contribution in [-0.2, 0) is 17.3 Å². The standard InChI is InChI=1S/C38H34O3/c1-37(30-12-18-33(39)19-13-30,31-14-20-34(40)21-15-31)29-10-8-27(9-11-29)24-26-38(32-16-22-35(41)23-17-32)25-4-6-28-5-2-3-7-36(28)38/h2-23,39-41H,24-26H2,1H3. The van der Waals surface area contributed by atoms with E-state index in [9.17, 15) is 15.3 Å². The lowest BCUT2D eigenvalue weighted by atomic mass is 9.65. The van der Waals surface area contributed by atoms with E-state index in [0.717, 1.165) is 36.0 Å². The lowest BCUT2D eigenvalue weighted by Gasteiger charge is -2.38. The van der Waals surface area contributed by atoms with Crippen molar-refractivity contribution in [1.82, 2.24) is 0 Å². The van der Waals surface area contributed by atoms with Crippen molar-refractivity contribution < 1.29 is 15.3 Å². The van der Waals surface area contributed by atoms with Gasteiger partial charge >= 0.3 is 0 Å². The fourth-order valence-electron chi connectivity index (χ4n) is 6.46. The molecule has 1 unspecified atom stereocenters. The van der Waals surface area contributed by atoms with Crippen LogP contribution < -0.4 is 0 Å². The molecule has 0 heterocycles. The fourth-order valence-corrected chi connectivity index (χ4v) is 6.46. The molecular formula is C38H34O3. The smallest absolute Gasteiger partial charge is 0.115 e. The highest BCUT2D eigenvalue weighted by Gasteiger charge is 2.36. The Morgan fingerprint density at radius 2 is 1.10 bits per heavy atom. The zero-order valence-electron chi connectivity index (χ0n) is 23.2. The van der Waals surface area contributed by atoms with Crippen LogP contribution in [0.3, 0.4) is 0 Å². The highest BCUT2D eigenvalue weighted by Crippen LogP contribution is 2.45. The van der Waals surface area contributed by atoms with Crippen LogP contribution in [0.25, 0.3) is 6.08 Å². The summed E-state index contributed by atoms with van der Waals surface area (Å²) in [4.78, 5) is 0. The van der Waals surface area contributed by atoms with E-state index >= 15 is 0 Å². The molecule has 6 rings (SSSR count). The van der Waals surface area contributed by atoms with Gasteiger partial charge in [-0.15, -0.1) is 0 Å². The first kappa shape index (κ1) is 26.5. The summed E-state index contributed by atoms with van der Waals surface area (Å²) in [6.45, 7) is 2.19. The second kappa shape index (κ2) is 10.7. The molecular weight excluding hydrogens is 504 g/mol. The number of hydrogen-bond donors (Lipinski definition) is 3. The Hall–Kier alpha value is -4.76. The Morgan fingerprint density at radius 3 is 1.66 bits per heavy atom. The van der Waals surface area contributed by atoms with E-state index in [4.69, 9.17) is 0 Å². The van der Waals surface area contributed by atoms with E-state index < -0.39 is 5.41 Å². The molecule has 1 aliphatic carbocycles. The van der Waals surface area contributed by atoms with Gasteiger partial charge in [0.1, 0.15) is 17.2 Å². The molecule has 0 saturated carbocycles. The molecule has 204 valence electrons. The number of fused-ring (bicyclic) bond motifs is 1. The van der Waals surface area contributed by atoms with E-state index in [1.807, 2.05) is 24.3 Å². The Morgan fingerprint density at radius 1 is 0.610 bits per heavy atom. The van der Waals surface area contributed by atoms with Gasteiger partial charge in [0, 0.05) is 10.8 Å². The number of phenolic OH excluding ortho intramolecular Hbond substituents is 3. The van der Waals surface area contributed by atoms with Gasteiger partial charge in [-0.2, -0.15) is 0 Å². The largest absolute Gasteiger partial charge is 0.508 e. The summed E-state index contributed by atoms with van der Waals surface area (Å²) in [5.41, 5.74) is 7.67. The maximum Gasteiger partial charge on any atom is 0.115 e. The molecule has 0 spiro atoms. The number of rotatable bonds is 7. The first-order valence-electron chi connectivity index (χ1n) is 14.1. The molecule has 3 N–H and O–H groups in total. The van der Waals surface area contributed by atoms with Crippen molar-refractivity contribution in [3.8, 4) is 17.2 Å². The van der Waals surface area contributed by atoms with Crippen LogP contribution in [0.1, 0.15) is 58.7 Å². The molecule has 0 amide bonds. The SMILES string of the molecule is CC(c1ccc(O)cc1)(c1ccc(O)cc1)c1ccc(CCC2(c3ccc(O)cc3)CC=Cc3ccccc32)cc1. The van der Waals surface area contributed by atoms with Gasteiger partial charge in [0.15, 0.2) is 0 Å². The monoisotopic (exact) mass is 538 g/mol. The second-order valence-electron chi connectivity index (χ2n) is 11.2. The van der Waals surface area contributed by atoms with Gasteiger partial charge in [0.05, 0.1) is 0 Å². The minimum Gasteiger partial charge on any atom is -0.508 e. The maximum absolute atomic E-state index is 9.99. The third-order valence-corrected chi connectivity index (χ3v) is 8.92. The molecule has 1 atom stereocenters. The molecule has 0 bridgehead atoms. The number of aromatic hydroxyl groups is 3. The first-order chi connectivity index (χ1) is 19.9. The fraction of sp³-hybridized carbons (Fsp3) is 0.158. The minimum absolute atomic E-state index is 0.176. The highest BCUT2D eigenvalue weighted by atomic mass is 16.3. The van der Waals surface area contributed by atoms with Crippen molar-refractivity contribution in [3.05, 3.63) is 166 Å². The van der Waals surface area contributed by atoms with Crippen LogP contribution >= 0.6 is 0 Å². The maximum atomic E-state index is 9.99. The predicted octanol–water partition coefficient (Wildman–Crippen LogP) is 8.49. The van der Waals surface area contributed by atoms with Crippen LogP contribution in [0, 0.1) is 0 Å². The Balaban J connectivity index is 1.34. The second-order valence-corrected chi connectivity index (χ2v) is 11.2.